The SMILES string of the molecule is Cc1ccc(F)cc1Cn1ccc2c([N+](=O)[O-])cccc21. The van der Waals surface area contributed by atoms with Gasteiger partial charge < -0.3 is 4.57 Å². The second kappa shape index (κ2) is 5.01. The predicted molar refractivity (Wildman–Crippen MR) is 78.8 cm³/mol. The number of fused-ring (bicyclic) bond motifs is 1. The third-order valence-corrected chi connectivity index (χ3v) is 3.64. The van der Waals surface area contributed by atoms with Gasteiger partial charge >= 0.3 is 0 Å². The number of aryl methyl sites for hydroxylation is 1. The Kier molecular flexibility index (Phi) is 3.17. The minimum atomic E-state index is -0.389. The molecule has 3 rings (SSSR count). The van der Waals surface area contributed by atoms with Crippen LogP contribution in [0.1, 0.15) is 11.1 Å². The van der Waals surface area contributed by atoms with Crippen molar-refractivity contribution in [1.29, 1.82) is 0 Å². The van der Waals surface area contributed by atoms with E-state index in [1.54, 1.807) is 24.4 Å². The van der Waals surface area contributed by atoms with Gasteiger partial charge in [-0.1, -0.05) is 12.1 Å². The topological polar surface area (TPSA) is 48.1 Å². The van der Waals surface area contributed by atoms with Crippen LogP contribution in [0.15, 0.2) is 48.7 Å². The van der Waals surface area contributed by atoms with Gasteiger partial charge in [-0.05, 0) is 42.3 Å². The lowest BCUT2D eigenvalue weighted by atomic mass is 10.1. The third kappa shape index (κ3) is 2.38. The van der Waals surface area contributed by atoms with Crippen molar-refractivity contribution < 1.29 is 9.31 Å². The van der Waals surface area contributed by atoms with Crippen molar-refractivity contribution in [1.82, 2.24) is 4.57 Å². The summed E-state index contributed by atoms with van der Waals surface area (Å²) in [5, 5.41) is 11.6. The molecular formula is C16H13FN2O2. The number of nitro groups is 1. The number of aromatic nitrogens is 1. The number of hydrogen-bond donors (Lipinski definition) is 0. The lowest BCUT2D eigenvalue weighted by Gasteiger charge is -2.09. The molecule has 0 saturated carbocycles. The fourth-order valence-electron chi connectivity index (χ4n) is 2.50. The van der Waals surface area contributed by atoms with Crippen LogP contribution >= 0.6 is 0 Å². The van der Waals surface area contributed by atoms with Crippen molar-refractivity contribution in [3.8, 4) is 0 Å². The van der Waals surface area contributed by atoms with E-state index in [0.717, 1.165) is 16.6 Å². The molecule has 0 amide bonds. The Bertz CT molecular complexity index is 839. The fraction of sp³-hybridized carbons (Fsp3) is 0.125. The average Bonchev–Trinajstić information content (AvgIpc) is 2.86. The number of hydrogen-bond acceptors (Lipinski definition) is 2. The Morgan fingerprint density at radius 1 is 1.24 bits per heavy atom. The van der Waals surface area contributed by atoms with Gasteiger partial charge in [0.15, 0.2) is 0 Å². The van der Waals surface area contributed by atoms with Crippen molar-refractivity contribution in [2.24, 2.45) is 0 Å². The number of rotatable bonds is 3. The molecular weight excluding hydrogens is 271 g/mol. The molecule has 21 heavy (non-hydrogen) atoms. The van der Waals surface area contributed by atoms with E-state index in [4.69, 9.17) is 0 Å². The first-order chi connectivity index (χ1) is 10.1. The summed E-state index contributed by atoms with van der Waals surface area (Å²) in [4.78, 5) is 10.6. The molecule has 0 atom stereocenters. The van der Waals surface area contributed by atoms with Crippen molar-refractivity contribution in [2.75, 3.05) is 0 Å². The van der Waals surface area contributed by atoms with Crippen LogP contribution in [-0.4, -0.2) is 9.49 Å². The van der Waals surface area contributed by atoms with Crippen LogP contribution in [0.4, 0.5) is 10.1 Å². The van der Waals surface area contributed by atoms with Crippen LogP contribution in [0.5, 0.6) is 0 Å². The number of benzene rings is 2. The largest absolute Gasteiger partial charge is 0.343 e. The highest BCUT2D eigenvalue weighted by molar-refractivity contribution is 5.89. The highest BCUT2D eigenvalue weighted by Gasteiger charge is 2.14. The average molecular weight is 284 g/mol. The van der Waals surface area contributed by atoms with Gasteiger partial charge in [0.05, 0.1) is 15.8 Å². The summed E-state index contributed by atoms with van der Waals surface area (Å²) in [6.07, 6.45) is 1.79. The van der Waals surface area contributed by atoms with Crippen molar-refractivity contribution >= 4 is 16.6 Å². The van der Waals surface area contributed by atoms with Crippen LogP contribution in [0, 0.1) is 22.9 Å². The van der Waals surface area contributed by atoms with Gasteiger partial charge in [0, 0.05) is 18.8 Å². The van der Waals surface area contributed by atoms with Gasteiger partial charge in [0.1, 0.15) is 5.82 Å². The first kappa shape index (κ1) is 13.3. The molecule has 4 nitrogen and oxygen atoms in total. The summed E-state index contributed by atoms with van der Waals surface area (Å²) < 4.78 is 15.3. The fourth-order valence-corrected chi connectivity index (χ4v) is 2.50. The van der Waals surface area contributed by atoms with E-state index in [2.05, 4.69) is 0 Å². The minimum Gasteiger partial charge on any atom is -0.343 e. The van der Waals surface area contributed by atoms with Gasteiger partial charge in [-0.15, -0.1) is 0 Å². The number of halogens is 1. The van der Waals surface area contributed by atoms with Crippen LogP contribution in [0.25, 0.3) is 10.9 Å². The molecule has 0 aliphatic heterocycles. The van der Waals surface area contributed by atoms with E-state index in [0.29, 0.717) is 11.9 Å². The van der Waals surface area contributed by atoms with Crippen LogP contribution in [0.2, 0.25) is 0 Å². The molecule has 0 saturated heterocycles. The number of nitrogens with zero attached hydrogens (tertiary/aromatic N) is 2. The van der Waals surface area contributed by atoms with E-state index in [-0.39, 0.29) is 16.4 Å². The van der Waals surface area contributed by atoms with E-state index < -0.39 is 0 Å². The molecule has 0 fully saturated rings. The van der Waals surface area contributed by atoms with Crippen molar-refractivity contribution in [3.05, 3.63) is 75.7 Å². The summed E-state index contributed by atoms with van der Waals surface area (Å²) in [6, 6.07) is 11.4. The Labute approximate surface area is 120 Å². The van der Waals surface area contributed by atoms with Gasteiger partial charge in [0.2, 0.25) is 0 Å². The highest BCUT2D eigenvalue weighted by Crippen LogP contribution is 2.27. The van der Waals surface area contributed by atoms with Gasteiger partial charge in [-0.3, -0.25) is 10.1 Å². The molecule has 3 aromatic rings. The Hall–Kier alpha value is -2.69. The smallest absolute Gasteiger partial charge is 0.278 e. The maximum atomic E-state index is 13.4. The van der Waals surface area contributed by atoms with E-state index >= 15 is 0 Å². The molecule has 0 aliphatic rings. The lowest BCUT2D eigenvalue weighted by Crippen LogP contribution is -2.01. The molecule has 1 aromatic heterocycles. The van der Waals surface area contributed by atoms with E-state index in [1.165, 1.54) is 18.2 Å². The lowest BCUT2D eigenvalue weighted by molar-refractivity contribution is -0.383. The monoisotopic (exact) mass is 284 g/mol. The Balaban J connectivity index is 2.08. The summed E-state index contributed by atoms with van der Waals surface area (Å²) in [5.41, 5.74) is 2.71. The molecule has 0 aliphatic carbocycles. The van der Waals surface area contributed by atoms with Crippen LogP contribution < -0.4 is 0 Å². The molecule has 0 radical (unpaired) electrons. The van der Waals surface area contributed by atoms with Gasteiger partial charge in [-0.25, -0.2) is 4.39 Å². The predicted octanol–water partition coefficient (Wildman–Crippen LogP) is 4.05. The van der Waals surface area contributed by atoms with E-state index in [1.807, 2.05) is 17.6 Å². The molecule has 0 N–H and O–H groups in total. The Morgan fingerprint density at radius 2 is 2.05 bits per heavy atom. The van der Waals surface area contributed by atoms with Crippen LogP contribution in [-0.2, 0) is 6.54 Å². The number of nitro benzene ring substituents is 1. The van der Waals surface area contributed by atoms with Crippen molar-refractivity contribution in [3.63, 3.8) is 0 Å². The maximum absolute atomic E-state index is 13.4. The first-order valence-corrected chi connectivity index (χ1v) is 6.53. The standard InChI is InChI=1S/C16H13FN2O2/c1-11-5-6-13(17)9-12(11)10-18-8-7-14-15(18)3-2-4-16(14)19(20)21/h2-9H,10H2,1H3. The highest BCUT2D eigenvalue weighted by atomic mass is 19.1. The molecule has 0 unspecified atom stereocenters. The first-order valence-electron chi connectivity index (χ1n) is 6.53. The van der Waals surface area contributed by atoms with E-state index in [9.17, 15) is 14.5 Å². The van der Waals surface area contributed by atoms with Crippen molar-refractivity contribution in [2.45, 2.75) is 13.5 Å². The second-order valence-electron chi connectivity index (χ2n) is 4.98. The second-order valence-corrected chi connectivity index (χ2v) is 4.98. The molecule has 0 spiro atoms. The summed E-state index contributed by atoms with van der Waals surface area (Å²) in [7, 11) is 0. The molecule has 1 heterocycles. The molecule has 5 heteroatoms. The summed E-state index contributed by atoms with van der Waals surface area (Å²) >= 11 is 0. The molecule has 106 valence electrons. The normalized spacial score (nSPS) is 11.0. The Morgan fingerprint density at radius 3 is 2.81 bits per heavy atom. The molecule has 0 bridgehead atoms. The maximum Gasteiger partial charge on any atom is 0.278 e. The van der Waals surface area contributed by atoms with Gasteiger partial charge in [0.25, 0.3) is 5.69 Å². The zero-order valence-electron chi connectivity index (χ0n) is 11.4. The summed E-state index contributed by atoms with van der Waals surface area (Å²) in [5.74, 6) is -0.280. The van der Waals surface area contributed by atoms with Gasteiger partial charge in [-0.2, -0.15) is 0 Å². The minimum absolute atomic E-state index is 0.0854. The summed E-state index contributed by atoms with van der Waals surface area (Å²) in [6.45, 7) is 2.40. The third-order valence-electron chi connectivity index (χ3n) is 3.64. The number of non-ortho nitro benzene ring substituents is 1. The zero-order valence-corrected chi connectivity index (χ0v) is 11.4. The zero-order chi connectivity index (χ0) is 15.0. The quantitative estimate of drug-likeness (QED) is 0.538. The molecule has 2 aromatic carbocycles. The van der Waals surface area contributed by atoms with Crippen LogP contribution in [0.3, 0.4) is 0 Å².